The molecule has 0 unspecified atom stereocenters. The number of nitrogens with zero attached hydrogens (tertiary/aromatic N) is 2. The maximum atomic E-state index is 4.23. The lowest BCUT2D eigenvalue weighted by atomic mass is 9.98. The van der Waals surface area contributed by atoms with Crippen molar-refractivity contribution < 1.29 is 0 Å². The number of allylic oxidation sites excluding steroid dienone is 3. The van der Waals surface area contributed by atoms with E-state index in [1.807, 2.05) is 11.2 Å². The molecule has 1 rings (SSSR count). The smallest absolute Gasteiger partial charge is 0.0640 e. The van der Waals surface area contributed by atoms with Gasteiger partial charge in [0.25, 0.3) is 0 Å². The molecule has 1 aliphatic heterocycles. The number of hydrogen-bond acceptors (Lipinski definition) is 2. The highest BCUT2D eigenvalue weighted by Gasteiger charge is 2.15. The minimum atomic E-state index is 0.516. The van der Waals surface area contributed by atoms with Crippen LogP contribution in [0.4, 0.5) is 0 Å². The summed E-state index contributed by atoms with van der Waals surface area (Å²) in [5.74, 6) is 0.516. The molecule has 0 amide bonds. The maximum absolute atomic E-state index is 4.23. The molecule has 0 saturated carbocycles. The van der Waals surface area contributed by atoms with E-state index in [9.17, 15) is 0 Å². The van der Waals surface area contributed by atoms with Gasteiger partial charge in [0.2, 0.25) is 0 Å². The molecule has 14 heavy (non-hydrogen) atoms. The van der Waals surface area contributed by atoms with E-state index in [1.54, 1.807) is 6.20 Å². The van der Waals surface area contributed by atoms with Crippen LogP contribution < -0.4 is 0 Å². The number of rotatable bonds is 3. The quantitative estimate of drug-likeness (QED) is 0.666. The van der Waals surface area contributed by atoms with E-state index >= 15 is 0 Å². The molecule has 76 valence electrons. The highest BCUT2D eigenvalue weighted by atomic mass is 15.4. The zero-order chi connectivity index (χ0) is 10.6. The molecule has 0 spiro atoms. The third-order valence-corrected chi connectivity index (χ3v) is 2.18. The molecule has 0 fully saturated rings. The molecule has 0 saturated heterocycles. The van der Waals surface area contributed by atoms with Gasteiger partial charge in [-0.3, -0.25) is 0 Å². The first kappa shape index (κ1) is 10.8. The van der Waals surface area contributed by atoms with E-state index in [1.165, 1.54) is 11.3 Å². The Morgan fingerprint density at radius 3 is 2.79 bits per heavy atom. The lowest BCUT2D eigenvalue weighted by Crippen LogP contribution is -2.17. The Morgan fingerprint density at radius 1 is 1.57 bits per heavy atom. The zero-order valence-corrected chi connectivity index (χ0v) is 9.20. The van der Waals surface area contributed by atoms with E-state index in [2.05, 4.69) is 44.6 Å². The third kappa shape index (κ3) is 2.13. The Labute approximate surface area is 86.3 Å². The predicted octanol–water partition coefficient (Wildman–Crippen LogP) is 3.31. The van der Waals surface area contributed by atoms with Crippen LogP contribution in [0.5, 0.6) is 0 Å². The predicted molar refractivity (Wildman–Crippen MR) is 61.8 cm³/mol. The summed E-state index contributed by atoms with van der Waals surface area (Å²) in [4.78, 5) is 0. The van der Waals surface area contributed by atoms with Crippen LogP contribution in [0.2, 0.25) is 0 Å². The van der Waals surface area contributed by atoms with Crippen molar-refractivity contribution in [2.75, 3.05) is 0 Å². The Morgan fingerprint density at radius 2 is 2.29 bits per heavy atom. The molecular formula is C12H18N2. The van der Waals surface area contributed by atoms with Gasteiger partial charge in [-0.1, -0.05) is 33.4 Å². The molecule has 0 bridgehead atoms. The van der Waals surface area contributed by atoms with Crippen LogP contribution in [0.3, 0.4) is 0 Å². The van der Waals surface area contributed by atoms with Gasteiger partial charge in [0, 0.05) is 12.4 Å². The van der Waals surface area contributed by atoms with Gasteiger partial charge >= 0.3 is 0 Å². The van der Waals surface area contributed by atoms with Gasteiger partial charge in [-0.2, -0.15) is 5.10 Å². The van der Waals surface area contributed by atoms with Gasteiger partial charge in [-0.25, -0.2) is 5.01 Å². The number of hydrogen-bond donors (Lipinski definition) is 0. The molecule has 2 heteroatoms. The van der Waals surface area contributed by atoms with E-state index in [4.69, 9.17) is 0 Å². The summed E-state index contributed by atoms with van der Waals surface area (Å²) in [7, 11) is 0. The summed E-state index contributed by atoms with van der Waals surface area (Å²) in [5.41, 5.74) is 2.49. The van der Waals surface area contributed by atoms with Crippen molar-refractivity contribution in [3.63, 3.8) is 0 Å². The van der Waals surface area contributed by atoms with Crippen LogP contribution in [0.15, 0.2) is 41.3 Å². The molecule has 1 aliphatic rings. The molecule has 0 aromatic carbocycles. The van der Waals surface area contributed by atoms with Gasteiger partial charge in [-0.15, -0.1) is 0 Å². The summed E-state index contributed by atoms with van der Waals surface area (Å²) < 4.78 is 0. The van der Waals surface area contributed by atoms with Crippen LogP contribution >= 0.6 is 0 Å². The van der Waals surface area contributed by atoms with Crippen LogP contribution in [-0.4, -0.2) is 11.2 Å². The molecule has 0 N–H and O–H groups in total. The fourth-order valence-corrected chi connectivity index (χ4v) is 1.50. The fourth-order valence-electron chi connectivity index (χ4n) is 1.50. The Kier molecular flexibility index (Phi) is 3.69. The Hall–Kier alpha value is -1.31. The van der Waals surface area contributed by atoms with Crippen molar-refractivity contribution in [1.29, 1.82) is 0 Å². The van der Waals surface area contributed by atoms with E-state index < -0.39 is 0 Å². The van der Waals surface area contributed by atoms with Gasteiger partial charge in [0.15, 0.2) is 0 Å². The SMILES string of the molecule is C=CN1N=CC=C(C(C)C)/C1=C/CC. The Balaban J connectivity index is 3.03. The van der Waals surface area contributed by atoms with Gasteiger partial charge < -0.3 is 0 Å². The largest absolute Gasteiger partial charge is 0.242 e. The standard InChI is InChI=1S/C12H18N2/c1-5-7-12-11(10(3)4)8-9-13-14(12)6-2/h6-10H,2,5H2,1,3-4H3/b12-7-. The van der Waals surface area contributed by atoms with Gasteiger partial charge in [-0.05, 0) is 24.0 Å². The lowest BCUT2D eigenvalue weighted by molar-refractivity contribution is 0.488. The van der Waals surface area contributed by atoms with Crippen LogP contribution in [0, 0.1) is 5.92 Å². The van der Waals surface area contributed by atoms with Crippen molar-refractivity contribution >= 4 is 6.21 Å². The second-order valence-electron chi connectivity index (χ2n) is 3.57. The zero-order valence-electron chi connectivity index (χ0n) is 9.20. The maximum Gasteiger partial charge on any atom is 0.0640 e. The highest BCUT2D eigenvalue weighted by Crippen LogP contribution is 2.25. The average Bonchev–Trinajstić information content (AvgIpc) is 2.18. The van der Waals surface area contributed by atoms with Crippen molar-refractivity contribution in [3.05, 3.63) is 36.2 Å². The van der Waals surface area contributed by atoms with E-state index in [0.29, 0.717) is 5.92 Å². The third-order valence-electron chi connectivity index (χ3n) is 2.18. The number of hydrazone groups is 1. The monoisotopic (exact) mass is 190 g/mol. The summed E-state index contributed by atoms with van der Waals surface area (Å²) in [5, 5.41) is 6.06. The van der Waals surface area contributed by atoms with Crippen LogP contribution in [-0.2, 0) is 0 Å². The molecule has 0 atom stereocenters. The van der Waals surface area contributed by atoms with Crippen molar-refractivity contribution in [1.82, 2.24) is 5.01 Å². The second-order valence-corrected chi connectivity index (χ2v) is 3.57. The first-order valence-electron chi connectivity index (χ1n) is 5.07. The van der Waals surface area contributed by atoms with Crippen molar-refractivity contribution in [2.45, 2.75) is 27.2 Å². The fraction of sp³-hybridized carbons (Fsp3) is 0.417. The summed E-state index contributed by atoms with van der Waals surface area (Å²) >= 11 is 0. The van der Waals surface area contributed by atoms with E-state index in [0.717, 1.165) is 6.42 Å². The second kappa shape index (κ2) is 4.80. The minimum Gasteiger partial charge on any atom is -0.242 e. The van der Waals surface area contributed by atoms with Crippen LogP contribution in [0.1, 0.15) is 27.2 Å². The molecule has 0 radical (unpaired) electrons. The topological polar surface area (TPSA) is 15.6 Å². The lowest BCUT2D eigenvalue weighted by Gasteiger charge is -2.25. The molecular weight excluding hydrogens is 172 g/mol. The molecule has 0 aromatic rings. The normalized spacial score (nSPS) is 19.0. The first-order chi connectivity index (χ1) is 6.70. The minimum absolute atomic E-state index is 0.516. The summed E-state index contributed by atoms with van der Waals surface area (Å²) in [6.07, 6.45) is 8.84. The Bertz CT molecular complexity index is 295. The highest BCUT2D eigenvalue weighted by molar-refractivity contribution is 5.75. The van der Waals surface area contributed by atoms with Gasteiger partial charge in [0.05, 0.1) is 5.70 Å². The van der Waals surface area contributed by atoms with Gasteiger partial charge in [0.1, 0.15) is 0 Å². The molecule has 0 aliphatic carbocycles. The summed E-state index contributed by atoms with van der Waals surface area (Å²) in [6.45, 7) is 10.3. The molecule has 1 heterocycles. The first-order valence-corrected chi connectivity index (χ1v) is 5.07. The van der Waals surface area contributed by atoms with E-state index in [-0.39, 0.29) is 0 Å². The summed E-state index contributed by atoms with van der Waals surface area (Å²) in [6, 6.07) is 0. The van der Waals surface area contributed by atoms with Crippen molar-refractivity contribution in [2.24, 2.45) is 11.0 Å². The van der Waals surface area contributed by atoms with Crippen molar-refractivity contribution in [3.8, 4) is 0 Å². The van der Waals surface area contributed by atoms with Crippen LogP contribution in [0.25, 0.3) is 0 Å². The average molecular weight is 190 g/mol. The molecule has 0 aromatic heterocycles. The molecule has 2 nitrogen and oxygen atoms in total.